The third kappa shape index (κ3) is 2.88. The van der Waals surface area contributed by atoms with Crippen LogP contribution in [0.4, 0.5) is 5.69 Å². The van der Waals surface area contributed by atoms with Crippen molar-refractivity contribution in [3.05, 3.63) is 88.2 Å². The van der Waals surface area contributed by atoms with Gasteiger partial charge in [-0.2, -0.15) is 0 Å². The Morgan fingerprint density at radius 1 is 1.00 bits per heavy atom. The lowest BCUT2D eigenvalue weighted by Gasteiger charge is -2.38. The molecule has 1 aromatic heterocycles. The zero-order chi connectivity index (χ0) is 18.3. The van der Waals surface area contributed by atoms with Crippen molar-refractivity contribution < 1.29 is 4.79 Å². The monoisotopic (exact) mass is 345 g/mol. The summed E-state index contributed by atoms with van der Waals surface area (Å²) in [6.07, 6.45) is -0.191. The molecule has 132 valence electrons. The maximum Gasteiger partial charge on any atom is 0.258 e. The molecule has 0 aliphatic carbocycles. The van der Waals surface area contributed by atoms with Crippen molar-refractivity contribution >= 4 is 11.6 Å². The van der Waals surface area contributed by atoms with Crippen LogP contribution in [0, 0.1) is 20.8 Å². The second-order valence-corrected chi connectivity index (χ2v) is 7.04. The van der Waals surface area contributed by atoms with Crippen molar-refractivity contribution in [2.24, 2.45) is 0 Å². The van der Waals surface area contributed by atoms with Gasteiger partial charge in [0.15, 0.2) is 0 Å². The van der Waals surface area contributed by atoms with Crippen LogP contribution in [-0.2, 0) is 6.54 Å². The Morgan fingerprint density at radius 3 is 2.42 bits per heavy atom. The third-order valence-electron chi connectivity index (χ3n) is 4.98. The number of amides is 1. The summed E-state index contributed by atoms with van der Waals surface area (Å²) < 4.78 is 0. The molecule has 0 fully saturated rings. The molecule has 2 aromatic carbocycles. The fraction of sp³-hybridized carbons (Fsp3) is 0.227. The highest BCUT2D eigenvalue weighted by Gasteiger charge is 2.34. The molecule has 2 heterocycles. The fourth-order valence-electron chi connectivity index (χ4n) is 3.62. The van der Waals surface area contributed by atoms with Gasteiger partial charge in [-0.3, -0.25) is 4.79 Å². The van der Waals surface area contributed by atoms with Crippen LogP contribution in [0.3, 0.4) is 0 Å². The molecule has 3 aromatic rings. The molecular formula is C22H23N3O. The number of para-hydroxylation sites is 1. The second kappa shape index (κ2) is 6.37. The Morgan fingerprint density at radius 2 is 1.73 bits per heavy atom. The normalized spacial score (nSPS) is 16.3. The predicted octanol–water partition coefficient (Wildman–Crippen LogP) is 4.71. The van der Waals surface area contributed by atoms with Gasteiger partial charge in [-0.1, -0.05) is 42.0 Å². The topological polar surface area (TPSA) is 48.1 Å². The molecule has 1 atom stereocenters. The van der Waals surface area contributed by atoms with Gasteiger partial charge in [-0.05, 0) is 44.5 Å². The average molecular weight is 345 g/mol. The number of benzene rings is 2. The van der Waals surface area contributed by atoms with Crippen molar-refractivity contribution in [1.82, 2.24) is 9.88 Å². The van der Waals surface area contributed by atoms with E-state index in [1.165, 1.54) is 5.56 Å². The van der Waals surface area contributed by atoms with Crippen LogP contribution in [-0.4, -0.2) is 15.8 Å². The first-order chi connectivity index (χ1) is 12.5. The van der Waals surface area contributed by atoms with E-state index in [1.54, 1.807) is 0 Å². The van der Waals surface area contributed by atoms with E-state index in [1.807, 2.05) is 36.1 Å². The first-order valence-electron chi connectivity index (χ1n) is 8.91. The molecular weight excluding hydrogens is 322 g/mol. The van der Waals surface area contributed by atoms with Crippen molar-refractivity contribution in [3.8, 4) is 0 Å². The zero-order valence-electron chi connectivity index (χ0n) is 15.3. The molecule has 0 radical (unpaired) electrons. The summed E-state index contributed by atoms with van der Waals surface area (Å²) in [7, 11) is 0. The number of carbonyl (C=O) groups is 1. The molecule has 2 N–H and O–H groups in total. The number of aromatic nitrogens is 1. The van der Waals surface area contributed by atoms with Gasteiger partial charge >= 0.3 is 0 Å². The van der Waals surface area contributed by atoms with E-state index in [-0.39, 0.29) is 12.1 Å². The van der Waals surface area contributed by atoms with Crippen LogP contribution in [0.5, 0.6) is 0 Å². The van der Waals surface area contributed by atoms with Crippen molar-refractivity contribution in [2.45, 2.75) is 33.5 Å². The van der Waals surface area contributed by atoms with E-state index in [9.17, 15) is 4.79 Å². The number of nitrogens with zero attached hydrogens (tertiary/aromatic N) is 1. The lowest BCUT2D eigenvalue weighted by molar-refractivity contribution is 0.0666. The largest absolute Gasteiger partial charge is 0.362 e. The van der Waals surface area contributed by atoms with Crippen LogP contribution < -0.4 is 5.32 Å². The number of nitrogens with one attached hydrogen (secondary N) is 2. The van der Waals surface area contributed by atoms with Crippen LogP contribution >= 0.6 is 0 Å². The number of hydrogen-bond donors (Lipinski definition) is 2. The predicted molar refractivity (Wildman–Crippen MR) is 104 cm³/mol. The Kier molecular flexibility index (Phi) is 4.03. The highest BCUT2D eigenvalue weighted by atomic mass is 16.2. The van der Waals surface area contributed by atoms with Gasteiger partial charge in [0.25, 0.3) is 5.91 Å². The summed E-state index contributed by atoms with van der Waals surface area (Å²) in [5.74, 6) is 0.0585. The summed E-state index contributed by atoms with van der Waals surface area (Å²) >= 11 is 0. The smallest absolute Gasteiger partial charge is 0.258 e. The van der Waals surface area contributed by atoms with Gasteiger partial charge in [-0.15, -0.1) is 0 Å². The van der Waals surface area contributed by atoms with Gasteiger partial charge < -0.3 is 15.2 Å². The van der Waals surface area contributed by atoms with Crippen LogP contribution in [0.25, 0.3) is 0 Å². The molecule has 4 rings (SSSR count). The number of anilines is 1. The molecule has 0 saturated carbocycles. The molecule has 1 amide bonds. The van der Waals surface area contributed by atoms with Gasteiger partial charge in [0, 0.05) is 29.2 Å². The highest BCUT2D eigenvalue weighted by Crippen LogP contribution is 2.35. The molecule has 0 bridgehead atoms. The average Bonchev–Trinajstić information content (AvgIpc) is 2.97. The number of aromatic amines is 1. The van der Waals surface area contributed by atoms with E-state index in [0.717, 1.165) is 33.8 Å². The third-order valence-corrected chi connectivity index (χ3v) is 4.98. The quantitative estimate of drug-likeness (QED) is 0.722. The fourth-order valence-corrected chi connectivity index (χ4v) is 3.62. The molecule has 0 saturated heterocycles. The van der Waals surface area contributed by atoms with Crippen LogP contribution in [0.15, 0.2) is 54.6 Å². The van der Waals surface area contributed by atoms with Crippen molar-refractivity contribution in [1.29, 1.82) is 0 Å². The maximum absolute atomic E-state index is 13.3. The number of fused-ring (bicyclic) bond motifs is 1. The number of aryl methyl sites for hydroxylation is 3. The minimum Gasteiger partial charge on any atom is -0.362 e. The Balaban J connectivity index is 1.77. The van der Waals surface area contributed by atoms with Gasteiger partial charge in [0.2, 0.25) is 0 Å². The first-order valence-corrected chi connectivity index (χ1v) is 8.91. The van der Waals surface area contributed by atoms with Crippen LogP contribution in [0.1, 0.15) is 44.6 Å². The van der Waals surface area contributed by atoms with Gasteiger partial charge in [0.05, 0.1) is 5.56 Å². The van der Waals surface area contributed by atoms with Crippen molar-refractivity contribution in [3.63, 3.8) is 0 Å². The molecule has 4 nitrogen and oxygen atoms in total. The minimum absolute atomic E-state index is 0.0585. The molecule has 0 unspecified atom stereocenters. The Labute approximate surface area is 153 Å². The Bertz CT molecular complexity index is 956. The summed E-state index contributed by atoms with van der Waals surface area (Å²) in [5.41, 5.74) is 7.25. The van der Waals surface area contributed by atoms with E-state index in [0.29, 0.717) is 6.54 Å². The zero-order valence-corrected chi connectivity index (χ0v) is 15.3. The summed E-state index contributed by atoms with van der Waals surface area (Å²) in [5, 5.41) is 3.56. The summed E-state index contributed by atoms with van der Waals surface area (Å²) in [4.78, 5) is 18.5. The standard InChI is InChI=1S/C22H23N3O/c1-14-8-10-17(11-9-14)13-25-21(19-12-15(2)23-16(19)3)24-20-7-5-4-6-18(20)22(25)26/h4-12,21,23-24H,13H2,1-3H3/t21-/m0/s1. The van der Waals surface area contributed by atoms with E-state index < -0.39 is 0 Å². The molecule has 1 aliphatic rings. The van der Waals surface area contributed by atoms with Crippen molar-refractivity contribution in [2.75, 3.05) is 5.32 Å². The summed E-state index contributed by atoms with van der Waals surface area (Å²) in [6, 6.07) is 18.2. The van der Waals surface area contributed by atoms with E-state index >= 15 is 0 Å². The lowest BCUT2D eigenvalue weighted by atomic mass is 10.0. The molecule has 0 spiro atoms. The van der Waals surface area contributed by atoms with Gasteiger partial charge in [0.1, 0.15) is 6.17 Å². The highest BCUT2D eigenvalue weighted by molar-refractivity contribution is 6.01. The number of carbonyl (C=O) groups excluding carboxylic acids is 1. The Hall–Kier alpha value is -3.01. The maximum atomic E-state index is 13.3. The second-order valence-electron chi connectivity index (χ2n) is 7.04. The van der Waals surface area contributed by atoms with E-state index in [4.69, 9.17) is 0 Å². The first kappa shape index (κ1) is 16.5. The lowest BCUT2D eigenvalue weighted by Crippen LogP contribution is -2.42. The van der Waals surface area contributed by atoms with Crippen LogP contribution in [0.2, 0.25) is 0 Å². The molecule has 1 aliphatic heterocycles. The molecule has 26 heavy (non-hydrogen) atoms. The van der Waals surface area contributed by atoms with E-state index in [2.05, 4.69) is 54.5 Å². The number of rotatable bonds is 3. The number of hydrogen-bond acceptors (Lipinski definition) is 2. The van der Waals surface area contributed by atoms with Gasteiger partial charge in [-0.25, -0.2) is 0 Å². The number of H-pyrrole nitrogens is 1. The minimum atomic E-state index is -0.191. The SMILES string of the molecule is Cc1ccc(CN2C(=O)c3ccccc3N[C@@H]2c2cc(C)[nH]c2C)cc1. The summed E-state index contributed by atoms with van der Waals surface area (Å²) in [6.45, 7) is 6.73. The molecule has 4 heteroatoms.